The van der Waals surface area contributed by atoms with Gasteiger partial charge in [0.1, 0.15) is 14.9 Å². The van der Waals surface area contributed by atoms with Crippen LogP contribution in [-0.4, -0.2) is 50.5 Å². The van der Waals surface area contributed by atoms with E-state index in [-0.39, 0.29) is 17.3 Å². The van der Waals surface area contributed by atoms with Gasteiger partial charge in [-0.25, -0.2) is 13.1 Å². The van der Waals surface area contributed by atoms with Crippen molar-refractivity contribution in [2.45, 2.75) is 6.54 Å². The van der Waals surface area contributed by atoms with Gasteiger partial charge in [-0.05, 0) is 0 Å². The van der Waals surface area contributed by atoms with E-state index in [4.69, 9.17) is 16.3 Å². The van der Waals surface area contributed by atoms with Crippen LogP contribution in [0.25, 0.3) is 0 Å². The van der Waals surface area contributed by atoms with Crippen molar-refractivity contribution in [1.82, 2.24) is 9.78 Å². The maximum absolute atomic E-state index is 11.8. The topological polar surface area (TPSA) is 90.3 Å². The highest BCUT2D eigenvalue weighted by Crippen LogP contribution is 2.14. The van der Waals surface area contributed by atoms with Crippen LogP contribution in [0.15, 0.2) is 11.0 Å². The molecule has 0 aromatic carbocycles. The standard InChI is InChI=1S/C10H16ClN3O4S/c1-18-5-4-14-10(15)9(11)8(7-13-14)12-3-6-19(2,16)17/h7,12H,3-6H2,1-2H3. The maximum Gasteiger partial charge on any atom is 0.287 e. The van der Waals surface area contributed by atoms with E-state index in [1.54, 1.807) is 0 Å². The van der Waals surface area contributed by atoms with E-state index in [9.17, 15) is 13.2 Å². The normalized spacial score (nSPS) is 11.5. The Hall–Kier alpha value is -1.12. The lowest BCUT2D eigenvalue weighted by molar-refractivity contribution is 0.182. The molecular weight excluding hydrogens is 294 g/mol. The summed E-state index contributed by atoms with van der Waals surface area (Å²) in [4.78, 5) is 11.8. The molecule has 0 unspecified atom stereocenters. The Bertz CT molecular complexity index is 585. The van der Waals surface area contributed by atoms with Crippen LogP contribution in [0.1, 0.15) is 0 Å². The molecular formula is C10H16ClN3O4S. The van der Waals surface area contributed by atoms with Crippen LogP contribution in [0, 0.1) is 0 Å². The summed E-state index contributed by atoms with van der Waals surface area (Å²) >= 11 is 5.90. The first-order valence-corrected chi connectivity index (χ1v) is 7.95. The SMILES string of the molecule is COCCn1ncc(NCCS(C)(=O)=O)c(Cl)c1=O. The van der Waals surface area contributed by atoms with E-state index in [1.165, 1.54) is 18.0 Å². The number of hydrogen-bond donors (Lipinski definition) is 1. The number of aromatic nitrogens is 2. The molecule has 0 saturated heterocycles. The van der Waals surface area contributed by atoms with Crippen LogP contribution in [0.4, 0.5) is 5.69 Å². The lowest BCUT2D eigenvalue weighted by atomic mass is 10.4. The average molecular weight is 310 g/mol. The molecule has 1 heterocycles. The highest BCUT2D eigenvalue weighted by molar-refractivity contribution is 7.90. The summed E-state index contributed by atoms with van der Waals surface area (Å²) in [5.74, 6) is -0.0455. The molecule has 0 aliphatic carbocycles. The molecule has 1 rings (SSSR count). The van der Waals surface area contributed by atoms with Crippen LogP contribution in [0.5, 0.6) is 0 Å². The van der Waals surface area contributed by atoms with E-state index < -0.39 is 15.4 Å². The van der Waals surface area contributed by atoms with Gasteiger partial charge in [0.25, 0.3) is 5.56 Å². The van der Waals surface area contributed by atoms with E-state index >= 15 is 0 Å². The van der Waals surface area contributed by atoms with Crippen molar-refractivity contribution in [3.05, 3.63) is 21.6 Å². The molecule has 1 aromatic heterocycles. The number of hydrogen-bond acceptors (Lipinski definition) is 6. The Labute approximate surface area is 116 Å². The van der Waals surface area contributed by atoms with Gasteiger partial charge in [0, 0.05) is 19.9 Å². The minimum Gasteiger partial charge on any atom is -0.383 e. The third-order valence-corrected chi connectivity index (χ3v) is 3.59. The molecule has 7 nitrogen and oxygen atoms in total. The summed E-state index contributed by atoms with van der Waals surface area (Å²) in [6.45, 7) is 0.824. The number of halogens is 1. The minimum atomic E-state index is -3.06. The zero-order chi connectivity index (χ0) is 14.5. The van der Waals surface area contributed by atoms with Crippen LogP contribution in [0.2, 0.25) is 5.02 Å². The number of rotatable bonds is 7. The van der Waals surface area contributed by atoms with Gasteiger partial charge >= 0.3 is 0 Å². The highest BCUT2D eigenvalue weighted by Gasteiger charge is 2.09. The number of sulfone groups is 1. The fourth-order valence-electron chi connectivity index (χ4n) is 1.30. The third kappa shape index (κ3) is 5.17. The van der Waals surface area contributed by atoms with Crippen molar-refractivity contribution >= 4 is 27.1 Å². The quantitative estimate of drug-likeness (QED) is 0.762. The number of nitrogens with zero attached hydrogens (tertiary/aromatic N) is 2. The molecule has 19 heavy (non-hydrogen) atoms. The summed E-state index contributed by atoms with van der Waals surface area (Å²) in [5.41, 5.74) is -0.118. The predicted molar refractivity (Wildman–Crippen MR) is 73.6 cm³/mol. The van der Waals surface area contributed by atoms with E-state index in [0.717, 1.165) is 6.26 Å². The van der Waals surface area contributed by atoms with Gasteiger partial charge in [0.15, 0.2) is 0 Å². The highest BCUT2D eigenvalue weighted by atomic mass is 35.5. The van der Waals surface area contributed by atoms with Crippen LogP contribution < -0.4 is 10.9 Å². The van der Waals surface area contributed by atoms with Gasteiger partial charge in [-0.2, -0.15) is 5.10 Å². The first-order chi connectivity index (χ1) is 8.85. The molecule has 0 fully saturated rings. The van der Waals surface area contributed by atoms with Gasteiger partial charge in [-0.15, -0.1) is 0 Å². The van der Waals surface area contributed by atoms with Crippen LogP contribution >= 0.6 is 11.6 Å². The first-order valence-electron chi connectivity index (χ1n) is 5.51. The van der Waals surface area contributed by atoms with Crippen molar-refractivity contribution in [3.63, 3.8) is 0 Å². The third-order valence-electron chi connectivity index (χ3n) is 2.28. The van der Waals surface area contributed by atoms with E-state index in [1.807, 2.05) is 0 Å². The van der Waals surface area contributed by atoms with Crippen LogP contribution in [-0.2, 0) is 21.1 Å². The molecule has 1 N–H and O–H groups in total. The minimum absolute atomic E-state index is 0.0143. The fourth-order valence-corrected chi connectivity index (χ4v) is 1.98. The van der Waals surface area contributed by atoms with Crippen molar-refractivity contribution < 1.29 is 13.2 Å². The molecule has 0 aliphatic heterocycles. The van der Waals surface area contributed by atoms with Gasteiger partial charge in [-0.1, -0.05) is 11.6 Å². The summed E-state index contributed by atoms with van der Waals surface area (Å²) in [6, 6.07) is 0. The smallest absolute Gasteiger partial charge is 0.287 e. The fraction of sp³-hybridized carbons (Fsp3) is 0.600. The lowest BCUT2D eigenvalue weighted by Crippen LogP contribution is -2.26. The Morgan fingerprint density at radius 3 is 2.79 bits per heavy atom. The number of anilines is 1. The molecule has 0 radical (unpaired) electrons. The maximum atomic E-state index is 11.8. The molecule has 0 aliphatic rings. The molecule has 9 heteroatoms. The largest absolute Gasteiger partial charge is 0.383 e. The van der Waals surface area contributed by atoms with Gasteiger partial charge in [0.05, 0.1) is 30.8 Å². The van der Waals surface area contributed by atoms with Gasteiger partial charge in [0.2, 0.25) is 0 Å². The molecule has 0 bridgehead atoms. The van der Waals surface area contributed by atoms with Crippen LogP contribution in [0.3, 0.4) is 0 Å². The average Bonchev–Trinajstić information content (AvgIpc) is 2.32. The zero-order valence-electron chi connectivity index (χ0n) is 10.7. The van der Waals surface area contributed by atoms with E-state index in [0.29, 0.717) is 18.8 Å². The lowest BCUT2D eigenvalue weighted by Gasteiger charge is -2.09. The predicted octanol–water partition coefficient (Wildman–Crippen LogP) is -0.000400. The first kappa shape index (κ1) is 15.9. The second-order valence-corrected chi connectivity index (χ2v) is 6.59. The molecule has 108 valence electrons. The van der Waals surface area contributed by atoms with Crippen molar-refractivity contribution in [1.29, 1.82) is 0 Å². The Morgan fingerprint density at radius 2 is 2.21 bits per heavy atom. The Balaban J connectivity index is 2.76. The van der Waals surface area contributed by atoms with Gasteiger partial charge < -0.3 is 10.1 Å². The van der Waals surface area contributed by atoms with E-state index in [2.05, 4.69) is 10.4 Å². The number of ether oxygens (including phenoxy) is 1. The molecule has 0 atom stereocenters. The second kappa shape index (κ2) is 6.88. The summed E-state index contributed by atoms with van der Waals surface area (Å²) in [6.07, 6.45) is 2.53. The second-order valence-electron chi connectivity index (χ2n) is 3.95. The molecule has 0 amide bonds. The van der Waals surface area contributed by atoms with Gasteiger partial charge in [-0.3, -0.25) is 4.79 Å². The Morgan fingerprint density at radius 1 is 1.53 bits per heavy atom. The van der Waals surface area contributed by atoms with Crippen molar-refractivity contribution in [2.75, 3.05) is 37.6 Å². The van der Waals surface area contributed by atoms with Crippen molar-refractivity contribution in [3.8, 4) is 0 Å². The summed E-state index contributed by atoms with van der Waals surface area (Å²) in [7, 11) is -1.54. The molecule has 0 saturated carbocycles. The zero-order valence-corrected chi connectivity index (χ0v) is 12.3. The summed E-state index contributed by atoms with van der Waals surface area (Å²) in [5, 5.41) is 6.68. The monoisotopic (exact) mass is 309 g/mol. The summed E-state index contributed by atoms with van der Waals surface area (Å²) < 4.78 is 28.0. The molecule has 1 aromatic rings. The number of nitrogens with one attached hydrogen (secondary N) is 1. The Kier molecular flexibility index (Phi) is 5.77. The molecule has 0 spiro atoms. The van der Waals surface area contributed by atoms with Crippen molar-refractivity contribution in [2.24, 2.45) is 0 Å². The number of methoxy groups -OCH3 is 1.